The van der Waals surface area contributed by atoms with E-state index in [0.29, 0.717) is 28.8 Å². The molecule has 0 saturated carbocycles. The molecule has 1 rings (SSSR count). The van der Waals surface area contributed by atoms with Gasteiger partial charge in [-0.2, -0.15) is 13.2 Å². The molecule has 0 saturated heterocycles. The summed E-state index contributed by atoms with van der Waals surface area (Å²) in [5, 5.41) is 2.06. The van der Waals surface area contributed by atoms with Gasteiger partial charge in [0, 0.05) is 11.9 Å². The highest BCUT2D eigenvalue weighted by molar-refractivity contribution is 8.75. The van der Waals surface area contributed by atoms with Gasteiger partial charge in [0.1, 0.15) is 0 Å². The highest BCUT2D eigenvalue weighted by Crippen LogP contribution is 2.35. The Morgan fingerprint density at radius 3 is 2.63 bits per heavy atom. The number of ether oxygens (including phenoxy) is 1. The van der Waals surface area contributed by atoms with Crippen molar-refractivity contribution in [1.29, 1.82) is 0 Å². The number of hydrogen-bond acceptors (Lipinski definition) is 8. The highest BCUT2D eigenvalue weighted by Gasteiger charge is 2.36. The number of halogens is 3. The molecule has 0 fully saturated rings. The zero-order valence-electron chi connectivity index (χ0n) is 15.1. The molecule has 0 spiro atoms. The van der Waals surface area contributed by atoms with Gasteiger partial charge in [0.15, 0.2) is 6.73 Å². The highest BCUT2D eigenvalue weighted by atomic mass is 33.1. The molecule has 0 aliphatic carbocycles. The number of hydrogen-bond donors (Lipinski definition) is 0. The minimum Gasteiger partial charge on any atom is -0.462 e. The Bertz CT molecular complexity index is 630. The van der Waals surface area contributed by atoms with E-state index >= 15 is 0 Å². The van der Waals surface area contributed by atoms with Crippen LogP contribution in [0.5, 0.6) is 0 Å². The van der Waals surface area contributed by atoms with E-state index in [9.17, 15) is 18.0 Å². The summed E-state index contributed by atoms with van der Waals surface area (Å²) in [6, 6.07) is 6.98. The van der Waals surface area contributed by atoms with Crippen LogP contribution in [0.4, 0.5) is 13.2 Å². The lowest BCUT2D eigenvalue weighted by Gasteiger charge is -2.15. The van der Waals surface area contributed by atoms with E-state index in [-0.39, 0.29) is 6.73 Å². The van der Waals surface area contributed by atoms with E-state index in [2.05, 4.69) is 5.16 Å². The Morgan fingerprint density at radius 1 is 1.30 bits per heavy atom. The molecule has 0 aromatic heterocycles. The van der Waals surface area contributed by atoms with E-state index in [0.717, 1.165) is 12.8 Å². The minimum atomic E-state index is -4.53. The van der Waals surface area contributed by atoms with Gasteiger partial charge in [0.05, 0.1) is 12.2 Å². The Morgan fingerprint density at radius 2 is 2.00 bits per heavy atom. The first-order chi connectivity index (χ1) is 12.8. The number of unbranched alkanes of at least 4 members (excludes halogenated alkanes) is 1. The first kappa shape index (κ1) is 24.0. The van der Waals surface area contributed by atoms with Crippen molar-refractivity contribution in [3.8, 4) is 0 Å². The normalized spacial score (nSPS) is 12.3. The Kier molecular flexibility index (Phi) is 11.0. The third kappa shape index (κ3) is 9.13. The second-order valence-electron chi connectivity index (χ2n) is 5.13. The predicted octanol–water partition coefficient (Wildman–Crippen LogP) is 5.44. The van der Waals surface area contributed by atoms with Gasteiger partial charge < -0.3 is 9.57 Å². The maximum Gasteiger partial charge on any atom is 0.442 e. The number of esters is 1. The summed E-state index contributed by atoms with van der Waals surface area (Å²) in [6.07, 6.45) is -1.52. The summed E-state index contributed by atoms with van der Waals surface area (Å²) < 4.78 is 44.4. The molecule has 0 atom stereocenters. The van der Waals surface area contributed by atoms with Crippen LogP contribution in [0.25, 0.3) is 0 Å². The van der Waals surface area contributed by atoms with Gasteiger partial charge in [-0.1, -0.05) is 30.6 Å². The monoisotopic (exact) mass is 442 g/mol. The van der Waals surface area contributed by atoms with E-state index in [1.165, 1.54) is 28.0 Å². The second kappa shape index (κ2) is 12.4. The molecule has 1 aromatic rings. The lowest BCUT2D eigenvalue weighted by Crippen LogP contribution is -2.20. The predicted molar refractivity (Wildman–Crippen MR) is 106 cm³/mol. The van der Waals surface area contributed by atoms with Crippen molar-refractivity contribution < 1.29 is 27.5 Å². The average Bonchev–Trinajstić information content (AvgIpc) is 2.62. The van der Waals surface area contributed by atoms with Crippen LogP contribution < -0.4 is 0 Å². The second-order valence-corrected chi connectivity index (χ2v) is 8.25. The zero-order chi connectivity index (χ0) is 20.3. The van der Waals surface area contributed by atoms with Crippen LogP contribution in [0.1, 0.15) is 30.1 Å². The van der Waals surface area contributed by atoms with Crippen molar-refractivity contribution in [2.24, 2.45) is 5.16 Å². The molecule has 0 aliphatic heterocycles. The molecular formula is C16H21F3N2O3S3. The SMILES string of the molecule is CCCCOC(=O)c1ccccc1SSN(C)CON=C(SC)C(F)(F)F. The molecule has 5 nitrogen and oxygen atoms in total. The summed E-state index contributed by atoms with van der Waals surface area (Å²) in [4.78, 5) is 17.6. The van der Waals surface area contributed by atoms with Crippen LogP contribution in [-0.4, -0.2) is 48.1 Å². The summed E-state index contributed by atoms with van der Waals surface area (Å²) in [5.74, 6) is -0.398. The number of rotatable bonds is 10. The third-order valence-corrected chi connectivity index (χ3v) is 6.10. The van der Waals surface area contributed by atoms with Gasteiger partial charge in [-0.25, -0.2) is 9.10 Å². The van der Waals surface area contributed by atoms with Crippen LogP contribution in [0, 0.1) is 0 Å². The summed E-state index contributed by atoms with van der Waals surface area (Å²) >= 11 is 0.470. The topological polar surface area (TPSA) is 51.1 Å². The van der Waals surface area contributed by atoms with E-state index in [4.69, 9.17) is 9.57 Å². The molecular weight excluding hydrogens is 421 g/mol. The summed E-state index contributed by atoms with van der Waals surface area (Å²) in [6.45, 7) is 2.22. The van der Waals surface area contributed by atoms with Gasteiger partial charge in [-0.05, 0) is 46.6 Å². The number of carbonyl (C=O) groups excluding carboxylic acids is 1. The number of alkyl halides is 3. The van der Waals surface area contributed by atoms with E-state index in [1.54, 1.807) is 35.6 Å². The maximum atomic E-state index is 12.5. The molecule has 0 unspecified atom stereocenters. The summed E-state index contributed by atoms with van der Waals surface area (Å²) in [5.41, 5.74) is 0.445. The fourth-order valence-corrected chi connectivity index (χ4v) is 3.81. The minimum absolute atomic E-state index is 0.152. The van der Waals surface area contributed by atoms with Gasteiger partial charge in [0.25, 0.3) is 0 Å². The number of carbonyl (C=O) groups is 1. The maximum absolute atomic E-state index is 12.5. The van der Waals surface area contributed by atoms with Crippen LogP contribution in [0.15, 0.2) is 34.3 Å². The molecule has 1 aromatic carbocycles. The smallest absolute Gasteiger partial charge is 0.442 e. The van der Waals surface area contributed by atoms with Crippen molar-refractivity contribution in [1.82, 2.24) is 4.31 Å². The largest absolute Gasteiger partial charge is 0.462 e. The van der Waals surface area contributed by atoms with E-state index < -0.39 is 17.2 Å². The summed E-state index contributed by atoms with van der Waals surface area (Å²) in [7, 11) is 4.14. The Labute approximate surface area is 168 Å². The Balaban J connectivity index is 2.55. The fourth-order valence-electron chi connectivity index (χ4n) is 1.59. The lowest BCUT2D eigenvalue weighted by molar-refractivity contribution is -0.0593. The van der Waals surface area contributed by atoms with Gasteiger partial charge >= 0.3 is 12.1 Å². The zero-order valence-corrected chi connectivity index (χ0v) is 17.6. The molecule has 0 amide bonds. The molecule has 0 bridgehead atoms. The van der Waals surface area contributed by atoms with Crippen molar-refractivity contribution in [2.45, 2.75) is 30.8 Å². The molecule has 0 aliphatic rings. The molecule has 0 radical (unpaired) electrons. The number of oxime groups is 1. The van der Waals surface area contributed by atoms with Crippen molar-refractivity contribution >= 4 is 44.5 Å². The molecule has 27 heavy (non-hydrogen) atoms. The fraction of sp³-hybridized carbons (Fsp3) is 0.500. The Hall–Kier alpha value is -1.04. The van der Waals surface area contributed by atoms with Crippen LogP contribution in [0.2, 0.25) is 0 Å². The molecule has 0 N–H and O–H groups in total. The standard InChI is InChI=1S/C16H21F3N2O3S3/c1-4-5-10-23-14(22)12-8-6-7-9-13(12)26-27-21(2)11-24-20-15(25-3)16(17,18)19/h6-9H,4-5,10-11H2,1-3H3. The first-order valence-corrected chi connectivity index (χ1v) is 11.3. The van der Waals surface area contributed by atoms with Crippen LogP contribution in [-0.2, 0) is 9.57 Å². The van der Waals surface area contributed by atoms with Crippen LogP contribution >= 0.6 is 33.5 Å². The lowest BCUT2D eigenvalue weighted by atomic mass is 10.2. The third-order valence-electron chi connectivity index (χ3n) is 2.92. The first-order valence-electron chi connectivity index (χ1n) is 7.92. The van der Waals surface area contributed by atoms with E-state index in [1.807, 2.05) is 6.92 Å². The quantitative estimate of drug-likeness (QED) is 0.0699. The number of benzene rings is 1. The van der Waals surface area contributed by atoms with Crippen molar-refractivity contribution in [3.05, 3.63) is 29.8 Å². The van der Waals surface area contributed by atoms with Crippen LogP contribution in [0.3, 0.4) is 0 Å². The van der Waals surface area contributed by atoms with Crippen molar-refractivity contribution in [3.63, 3.8) is 0 Å². The molecule has 0 heterocycles. The number of nitrogens with zero attached hydrogens (tertiary/aromatic N) is 2. The van der Waals surface area contributed by atoms with Gasteiger partial charge in [0.2, 0.25) is 5.04 Å². The average molecular weight is 443 g/mol. The molecule has 11 heteroatoms. The van der Waals surface area contributed by atoms with Gasteiger partial charge in [-0.3, -0.25) is 0 Å². The number of thioether (sulfide) groups is 1. The van der Waals surface area contributed by atoms with Crippen molar-refractivity contribution in [2.75, 3.05) is 26.6 Å². The molecule has 152 valence electrons. The van der Waals surface area contributed by atoms with Gasteiger partial charge in [-0.15, -0.1) is 11.8 Å².